The van der Waals surface area contributed by atoms with Gasteiger partial charge in [-0.1, -0.05) is 32.0 Å². The van der Waals surface area contributed by atoms with Crippen LogP contribution >= 0.6 is 24.0 Å². The van der Waals surface area contributed by atoms with Gasteiger partial charge in [-0.25, -0.2) is 0 Å². The molecule has 3 N–H and O–H groups in total. The maximum atomic E-state index is 4.30. The molecule has 2 atom stereocenters. The molecular weight excluding hydrogens is 399 g/mol. The van der Waals surface area contributed by atoms with Gasteiger partial charge in [-0.15, -0.1) is 24.0 Å². The summed E-state index contributed by atoms with van der Waals surface area (Å²) in [7, 11) is 1.83. The highest BCUT2D eigenvalue weighted by atomic mass is 127. The minimum Gasteiger partial charge on any atom is -0.361 e. The molecule has 1 aliphatic carbocycles. The number of hydrogen-bond donors (Lipinski definition) is 3. The van der Waals surface area contributed by atoms with Crippen LogP contribution in [0.5, 0.6) is 0 Å². The molecule has 0 radical (unpaired) electrons. The van der Waals surface area contributed by atoms with Crippen molar-refractivity contribution in [2.24, 2.45) is 10.9 Å². The number of fused-ring (bicyclic) bond motifs is 1. The summed E-state index contributed by atoms with van der Waals surface area (Å²) >= 11 is 0. The molecular formula is C18H27IN4. The fourth-order valence-electron chi connectivity index (χ4n) is 2.99. The Morgan fingerprint density at radius 3 is 2.78 bits per heavy atom. The van der Waals surface area contributed by atoms with Crippen LogP contribution in [-0.2, 0) is 12.8 Å². The van der Waals surface area contributed by atoms with E-state index in [0.717, 1.165) is 31.3 Å². The van der Waals surface area contributed by atoms with Gasteiger partial charge >= 0.3 is 0 Å². The molecule has 0 bridgehead atoms. The highest BCUT2D eigenvalue weighted by molar-refractivity contribution is 14.0. The number of aryl methyl sites for hydroxylation is 1. The van der Waals surface area contributed by atoms with E-state index in [0.29, 0.717) is 6.04 Å². The van der Waals surface area contributed by atoms with Crippen molar-refractivity contribution in [3.05, 3.63) is 35.5 Å². The van der Waals surface area contributed by atoms with Crippen molar-refractivity contribution in [3.63, 3.8) is 0 Å². The summed E-state index contributed by atoms with van der Waals surface area (Å²) < 4.78 is 0. The molecule has 0 saturated heterocycles. The predicted molar refractivity (Wildman–Crippen MR) is 109 cm³/mol. The van der Waals surface area contributed by atoms with Crippen LogP contribution in [0.25, 0.3) is 10.9 Å². The van der Waals surface area contributed by atoms with E-state index in [4.69, 9.17) is 0 Å². The lowest BCUT2D eigenvalue weighted by atomic mass is 10.1. The second kappa shape index (κ2) is 8.04. The van der Waals surface area contributed by atoms with Gasteiger partial charge in [0.25, 0.3) is 0 Å². The first-order valence-corrected chi connectivity index (χ1v) is 8.28. The molecule has 1 saturated carbocycles. The summed E-state index contributed by atoms with van der Waals surface area (Å²) in [5, 5.41) is 8.22. The van der Waals surface area contributed by atoms with E-state index < -0.39 is 0 Å². The Labute approximate surface area is 155 Å². The second-order valence-corrected chi connectivity index (χ2v) is 6.22. The topological polar surface area (TPSA) is 52.2 Å². The Balaban J connectivity index is 0.00000192. The van der Waals surface area contributed by atoms with Gasteiger partial charge in [-0.2, -0.15) is 0 Å². The number of halogens is 1. The molecule has 0 aliphatic heterocycles. The summed E-state index contributed by atoms with van der Waals surface area (Å²) in [5.41, 5.74) is 4.04. The highest BCUT2D eigenvalue weighted by Gasteiger charge is 2.33. The average Bonchev–Trinajstić information content (AvgIpc) is 3.07. The number of aromatic nitrogens is 1. The van der Waals surface area contributed by atoms with Gasteiger partial charge < -0.3 is 15.6 Å². The molecule has 4 nitrogen and oxygen atoms in total. The van der Waals surface area contributed by atoms with E-state index >= 15 is 0 Å². The molecule has 0 spiro atoms. The number of nitrogens with one attached hydrogen (secondary N) is 3. The molecule has 1 aromatic carbocycles. The second-order valence-electron chi connectivity index (χ2n) is 6.22. The Morgan fingerprint density at radius 2 is 2.13 bits per heavy atom. The van der Waals surface area contributed by atoms with Gasteiger partial charge in [0.05, 0.1) is 0 Å². The number of hydrogen-bond acceptors (Lipinski definition) is 1. The monoisotopic (exact) mass is 426 g/mol. The van der Waals surface area contributed by atoms with Crippen LogP contribution < -0.4 is 10.6 Å². The van der Waals surface area contributed by atoms with Crippen LogP contribution in [0.3, 0.4) is 0 Å². The zero-order valence-electron chi connectivity index (χ0n) is 14.1. The van der Waals surface area contributed by atoms with Crippen LogP contribution in [0.1, 0.15) is 31.4 Å². The molecule has 1 aromatic heterocycles. The van der Waals surface area contributed by atoms with Crippen LogP contribution in [0.4, 0.5) is 0 Å². The number of aromatic amines is 1. The number of H-pyrrole nitrogens is 1. The van der Waals surface area contributed by atoms with Crippen molar-refractivity contribution < 1.29 is 0 Å². The maximum Gasteiger partial charge on any atom is 0.191 e. The molecule has 3 rings (SSSR count). The average molecular weight is 426 g/mol. The van der Waals surface area contributed by atoms with Gasteiger partial charge in [0.15, 0.2) is 5.96 Å². The fraction of sp³-hybridized carbons (Fsp3) is 0.500. The smallest absolute Gasteiger partial charge is 0.191 e. The molecule has 1 aliphatic rings. The van der Waals surface area contributed by atoms with E-state index in [1.807, 2.05) is 7.05 Å². The first kappa shape index (κ1) is 18.1. The van der Waals surface area contributed by atoms with Crippen LogP contribution in [0.2, 0.25) is 0 Å². The molecule has 126 valence electrons. The maximum absolute atomic E-state index is 4.30. The Bertz CT molecular complexity index is 677. The first-order chi connectivity index (χ1) is 10.7. The van der Waals surface area contributed by atoms with Gasteiger partial charge in [-0.3, -0.25) is 4.99 Å². The van der Waals surface area contributed by atoms with Crippen LogP contribution in [0.15, 0.2) is 29.4 Å². The number of guanidine groups is 1. The highest BCUT2D eigenvalue weighted by Crippen LogP contribution is 2.28. The van der Waals surface area contributed by atoms with E-state index in [9.17, 15) is 0 Å². The molecule has 23 heavy (non-hydrogen) atoms. The standard InChI is InChI=1S/C18H26N4.HI/c1-4-13-6-5-7-15-14(11-21-17(13)15)8-9-20-18(19-3)22-16-10-12(16)2;/h5-7,11-12,16,21H,4,8-10H2,1-3H3,(H2,19,20,22);1H. The van der Waals surface area contributed by atoms with Gasteiger partial charge in [-0.05, 0) is 36.3 Å². The molecule has 5 heteroatoms. The lowest BCUT2D eigenvalue weighted by molar-refractivity contribution is 0.759. The van der Waals surface area contributed by atoms with Crippen molar-refractivity contribution in [2.75, 3.05) is 13.6 Å². The van der Waals surface area contributed by atoms with Crippen molar-refractivity contribution in [3.8, 4) is 0 Å². The largest absolute Gasteiger partial charge is 0.361 e. The zero-order chi connectivity index (χ0) is 15.5. The first-order valence-electron chi connectivity index (χ1n) is 8.28. The molecule has 2 aromatic rings. The minimum atomic E-state index is 0. The number of rotatable bonds is 5. The quantitative estimate of drug-likeness (QED) is 0.390. The summed E-state index contributed by atoms with van der Waals surface area (Å²) in [6.45, 7) is 5.36. The van der Waals surface area contributed by atoms with E-state index in [1.54, 1.807) is 0 Å². The number of nitrogens with zero attached hydrogens (tertiary/aromatic N) is 1. The van der Waals surface area contributed by atoms with Gasteiger partial charge in [0.1, 0.15) is 0 Å². The van der Waals surface area contributed by atoms with Gasteiger partial charge in [0.2, 0.25) is 0 Å². The third-order valence-electron chi connectivity index (χ3n) is 4.61. The SMILES string of the molecule is CCc1cccc2c(CCNC(=NC)NC3CC3C)c[nH]c12.I. The fourth-order valence-corrected chi connectivity index (χ4v) is 2.99. The summed E-state index contributed by atoms with van der Waals surface area (Å²) in [6, 6.07) is 7.16. The van der Waals surface area contributed by atoms with E-state index in [-0.39, 0.29) is 24.0 Å². The predicted octanol–water partition coefficient (Wildman–Crippen LogP) is 3.46. The molecule has 0 amide bonds. The van der Waals surface area contributed by atoms with Crippen molar-refractivity contribution >= 4 is 40.8 Å². The lowest BCUT2D eigenvalue weighted by Gasteiger charge is -2.11. The molecule has 1 heterocycles. The van der Waals surface area contributed by atoms with Crippen molar-refractivity contribution in [2.45, 2.75) is 39.2 Å². The van der Waals surface area contributed by atoms with Gasteiger partial charge in [0, 0.05) is 36.7 Å². The van der Waals surface area contributed by atoms with E-state index in [1.165, 1.54) is 28.5 Å². The Kier molecular flexibility index (Phi) is 6.33. The molecule has 2 unspecified atom stereocenters. The van der Waals surface area contributed by atoms with Crippen molar-refractivity contribution in [1.29, 1.82) is 0 Å². The number of benzene rings is 1. The lowest BCUT2D eigenvalue weighted by Crippen LogP contribution is -2.39. The van der Waals surface area contributed by atoms with E-state index in [2.05, 4.69) is 58.9 Å². The molecule has 1 fully saturated rings. The summed E-state index contributed by atoms with van der Waals surface area (Å²) in [5.74, 6) is 1.70. The Hall–Kier alpha value is -1.24. The third kappa shape index (κ3) is 4.19. The normalized spacial score (nSPS) is 20.2. The summed E-state index contributed by atoms with van der Waals surface area (Å²) in [4.78, 5) is 7.73. The Morgan fingerprint density at radius 1 is 1.35 bits per heavy atom. The number of para-hydroxylation sites is 1. The third-order valence-corrected chi connectivity index (χ3v) is 4.61. The summed E-state index contributed by atoms with van der Waals surface area (Å²) in [6.07, 6.45) is 5.45. The number of aliphatic imine (C=N–C) groups is 1. The van der Waals surface area contributed by atoms with Crippen LogP contribution in [0, 0.1) is 5.92 Å². The minimum absolute atomic E-state index is 0. The van der Waals surface area contributed by atoms with Crippen LogP contribution in [-0.4, -0.2) is 30.6 Å². The zero-order valence-corrected chi connectivity index (χ0v) is 16.5. The van der Waals surface area contributed by atoms with Crippen molar-refractivity contribution in [1.82, 2.24) is 15.6 Å².